The Morgan fingerprint density at radius 3 is 2.69 bits per heavy atom. The molecule has 0 bridgehead atoms. The summed E-state index contributed by atoms with van der Waals surface area (Å²) < 4.78 is 35.0. The summed E-state index contributed by atoms with van der Waals surface area (Å²) in [6, 6.07) is 5.46. The minimum Gasteiger partial charge on any atom is -0.490 e. The smallest absolute Gasteiger partial charge is 0.387 e. The Bertz CT molecular complexity index is 634. The molecule has 2 rings (SSSR count). The van der Waals surface area contributed by atoms with Crippen molar-refractivity contribution in [1.82, 2.24) is 15.5 Å². The highest BCUT2D eigenvalue weighted by atomic mass is 127. The molecule has 1 aromatic rings. The molecule has 0 spiro atoms. The van der Waals surface area contributed by atoms with E-state index in [1.807, 2.05) is 6.92 Å². The average Bonchev–Trinajstić information content (AvgIpc) is 3.13. The molecule has 0 radical (unpaired) electrons. The van der Waals surface area contributed by atoms with Crippen molar-refractivity contribution >= 4 is 29.9 Å². The zero-order valence-electron chi connectivity index (χ0n) is 17.4. The van der Waals surface area contributed by atoms with Crippen LogP contribution in [0, 0.1) is 0 Å². The largest absolute Gasteiger partial charge is 0.490 e. The van der Waals surface area contributed by atoms with Crippen molar-refractivity contribution in [3.63, 3.8) is 0 Å². The fourth-order valence-electron chi connectivity index (χ4n) is 3.38. The van der Waals surface area contributed by atoms with Crippen molar-refractivity contribution in [2.24, 2.45) is 4.99 Å². The third kappa shape index (κ3) is 8.49. The first kappa shape index (κ1) is 25.7. The quantitative estimate of drug-likeness (QED) is 0.276. The van der Waals surface area contributed by atoms with Gasteiger partial charge in [-0.05, 0) is 57.5 Å². The molecule has 29 heavy (non-hydrogen) atoms. The monoisotopic (exact) mass is 526 g/mol. The van der Waals surface area contributed by atoms with E-state index in [4.69, 9.17) is 4.74 Å². The summed E-state index contributed by atoms with van der Waals surface area (Å²) in [5.74, 6) is 1.09. The Kier molecular flexibility index (Phi) is 12.2. The summed E-state index contributed by atoms with van der Waals surface area (Å²) in [5, 5.41) is 6.67. The van der Waals surface area contributed by atoms with Crippen LogP contribution < -0.4 is 20.1 Å². The highest BCUT2D eigenvalue weighted by Gasteiger charge is 2.22. The number of halogens is 3. The number of aliphatic imine (C=N–C) groups is 1. The fraction of sp³-hybridized carbons (Fsp3) is 0.650. The van der Waals surface area contributed by atoms with Crippen molar-refractivity contribution in [1.29, 1.82) is 0 Å². The lowest BCUT2D eigenvalue weighted by Crippen LogP contribution is -2.44. The van der Waals surface area contributed by atoms with E-state index in [1.165, 1.54) is 18.9 Å². The summed E-state index contributed by atoms with van der Waals surface area (Å²) in [6.07, 6.45) is 2.44. The zero-order chi connectivity index (χ0) is 20.4. The lowest BCUT2D eigenvalue weighted by Gasteiger charge is -2.24. The van der Waals surface area contributed by atoms with Gasteiger partial charge in [-0.3, -0.25) is 4.90 Å². The molecule has 1 saturated heterocycles. The summed E-state index contributed by atoms with van der Waals surface area (Å²) in [6.45, 7) is 7.74. The molecule has 1 fully saturated rings. The first-order valence-electron chi connectivity index (χ1n) is 10.0. The van der Waals surface area contributed by atoms with E-state index in [0.717, 1.165) is 37.7 Å². The van der Waals surface area contributed by atoms with E-state index in [-0.39, 0.29) is 29.7 Å². The summed E-state index contributed by atoms with van der Waals surface area (Å²) in [7, 11) is 0. The van der Waals surface area contributed by atoms with Crippen LogP contribution >= 0.6 is 24.0 Å². The molecular weight excluding hydrogens is 493 g/mol. The highest BCUT2D eigenvalue weighted by molar-refractivity contribution is 14.0. The summed E-state index contributed by atoms with van der Waals surface area (Å²) in [4.78, 5) is 7.10. The number of nitrogens with one attached hydrogen (secondary N) is 2. The topological polar surface area (TPSA) is 58.1 Å². The number of guanidine groups is 1. The number of alkyl halides is 2. The SMILES string of the molecule is CCNC(=NCc1ccc(OC(F)F)c(OCC)c1)NCC1CCCN1CC.I. The standard InChI is InChI=1S/C20H32F2N4O2.HI/c1-4-23-20(25-14-16-8-7-11-26(16)5-2)24-13-15-9-10-17(28-19(21)22)18(12-15)27-6-3;/h9-10,12,16,19H,4-8,11,13-14H2,1-3H3,(H2,23,24,25);1H. The Hall–Kier alpha value is -1.36. The number of nitrogens with zero attached hydrogens (tertiary/aromatic N) is 2. The third-order valence-electron chi connectivity index (χ3n) is 4.70. The van der Waals surface area contributed by atoms with E-state index in [0.29, 0.717) is 24.9 Å². The van der Waals surface area contributed by atoms with Gasteiger partial charge in [-0.1, -0.05) is 13.0 Å². The maximum absolute atomic E-state index is 12.5. The second-order valence-corrected chi connectivity index (χ2v) is 6.59. The van der Waals surface area contributed by atoms with Crippen molar-refractivity contribution in [2.75, 3.05) is 32.8 Å². The van der Waals surface area contributed by atoms with Gasteiger partial charge >= 0.3 is 6.61 Å². The van der Waals surface area contributed by atoms with Gasteiger partial charge in [-0.25, -0.2) is 4.99 Å². The van der Waals surface area contributed by atoms with Crippen LogP contribution in [-0.4, -0.2) is 56.3 Å². The molecule has 0 amide bonds. The number of ether oxygens (including phenoxy) is 2. The molecule has 1 atom stereocenters. The third-order valence-corrected chi connectivity index (χ3v) is 4.70. The minimum atomic E-state index is -2.88. The second kappa shape index (κ2) is 13.8. The molecule has 6 nitrogen and oxygen atoms in total. The first-order valence-corrected chi connectivity index (χ1v) is 10.0. The lowest BCUT2D eigenvalue weighted by molar-refractivity contribution is -0.0514. The van der Waals surface area contributed by atoms with Gasteiger partial charge < -0.3 is 20.1 Å². The van der Waals surface area contributed by atoms with Gasteiger partial charge in [0, 0.05) is 19.1 Å². The van der Waals surface area contributed by atoms with E-state index in [1.54, 1.807) is 19.1 Å². The van der Waals surface area contributed by atoms with Crippen LogP contribution in [0.25, 0.3) is 0 Å². The number of likely N-dealkylation sites (tertiary alicyclic amines) is 1. The molecule has 0 saturated carbocycles. The zero-order valence-corrected chi connectivity index (χ0v) is 19.7. The van der Waals surface area contributed by atoms with Crippen LogP contribution in [0.1, 0.15) is 39.2 Å². The number of benzene rings is 1. The van der Waals surface area contributed by atoms with Crippen molar-refractivity contribution < 1.29 is 18.3 Å². The normalized spacial score (nSPS) is 17.2. The van der Waals surface area contributed by atoms with Crippen LogP contribution in [0.3, 0.4) is 0 Å². The van der Waals surface area contributed by atoms with Crippen LogP contribution in [0.4, 0.5) is 8.78 Å². The Balaban J connectivity index is 0.00000420. The van der Waals surface area contributed by atoms with Crippen molar-refractivity contribution in [2.45, 2.75) is 52.8 Å². The van der Waals surface area contributed by atoms with Crippen LogP contribution in [0.15, 0.2) is 23.2 Å². The Morgan fingerprint density at radius 1 is 1.24 bits per heavy atom. The molecule has 2 N–H and O–H groups in total. The number of rotatable bonds is 10. The predicted molar refractivity (Wildman–Crippen MR) is 123 cm³/mol. The van der Waals surface area contributed by atoms with Gasteiger partial charge in [-0.2, -0.15) is 8.78 Å². The maximum atomic E-state index is 12.5. The van der Waals surface area contributed by atoms with Crippen molar-refractivity contribution in [3.8, 4) is 11.5 Å². The average molecular weight is 526 g/mol. The lowest BCUT2D eigenvalue weighted by atomic mass is 10.2. The second-order valence-electron chi connectivity index (χ2n) is 6.59. The molecule has 1 unspecified atom stereocenters. The van der Waals surface area contributed by atoms with E-state index < -0.39 is 6.61 Å². The van der Waals surface area contributed by atoms with Crippen LogP contribution in [-0.2, 0) is 6.54 Å². The van der Waals surface area contributed by atoms with Gasteiger partial charge in [0.05, 0.1) is 13.2 Å². The minimum absolute atomic E-state index is 0. The van der Waals surface area contributed by atoms with Gasteiger partial charge in [0.1, 0.15) is 0 Å². The molecule has 1 aliphatic rings. The molecule has 1 aromatic carbocycles. The van der Waals surface area contributed by atoms with Gasteiger partial charge in [0.2, 0.25) is 0 Å². The predicted octanol–water partition coefficient (Wildman–Crippen LogP) is 3.84. The maximum Gasteiger partial charge on any atom is 0.387 e. The van der Waals surface area contributed by atoms with Gasteiger partial charge in [0.15, 0.2) is 17.5 Å². The number of hydrogen-bond acceptors (Lipinski definition) is 4. The molecule has 0 aromatic heterocycles. The van der Waals surface area contributed by atoms with Gasteiger partial charge in [-0.15, -0.1) is 24.0 Å². The van der Waals surface area contributed by atoms with Crippen LogP contribution in [0.5, 0.6) is 11.5 Å². The number of likely N-dealkylation sites (N-methyl/N-ethyl adjacent to an activating group) is 1. The Morgan fingerprint density at radius 2 is 2.03 bits per heavy atom. The molecule has 0 aliphatic carbocycles. The number of hydrogen-bond donors (Lipinski definition) is 2. The van der Waals surface area contributed by atoms with E-state index >= 15 is 0 Å². The molecule has 1 aliphatic heterocycles. The molecule has 9 heteroatoms. The molecule has 166 valence electrons. The molecular formula is C20H33F2IN4O2. The first-order chi connectivity index (χ1) is 13.6. The Labute approximate surface area is 189 Å². The summed E-state index contributed by atoms with van der Waals surface area (Å²) in [5.41, 5.74) is 0.860. The van der Waals surface area contributed by atoms with E-state index in [9.17, 15) is 8.78 Å². The van der Waals surface area contributed by atoms with Crippen LogP contribution in [0.2, 0.25) is 0 Å². The highest BCUT2D eigenvalue weighted by Crippen LogP contribution is 2.30. The van der Waals surface area contributed by atoms with Crippen molar-refractivity contribution in [3.05, 3.63) is 23.8 Å². The fourth-order valence-corrected chi connectivity index (χ4v) is 3.38. The molecule has 1 heterocycles. The van der Waals surface area contributed by atoms with Gasteiger partial charge in [0.25, 0.3) is 0 Å². The van der Waals surface area contributed by atoms with E-state index in [2.05, 4.69) is 32.2 Å². The summed E-state index contributed by atoms with van der Waals surface area (Å²) >= 11 is 0.